The van der Waals surface area contributed by atoms with E-state index in [1.54, 1.807) is 18.7 Å². The Labute approximate surface area is 99.4 Å². The molecule has 0 aliphatic carbocycles. The van der Waals surface area contributed by atoms with Crippen LogP contribution in [0.1, 0.15) is 6.92 Å². The molecule has 0 aliphatic rings. The molecule has 0 saturated carbocycles. The molecule has 3 N–H and O–H groups in total. The molecule has 1 rings (SSSR count). The van der Waals surface area contributed by atoms with Gasteiger partial charge in [-0.05, 0) is 37.4 Å². The molecule has 1 atom stereocenters. The van der Waals surface area contributed by atoms with Crippen LogP contribution in [0, 0.1) is 0 Å². The highest BCUT2D eigenvalue weighted by molar-refractivity contribution is 7.98. The van der Waals surface area contributed by atoms with E-state index < -0.39 is 0 Å². The lowest BCUT2D eigenvalue weighted by atomic mass is 10.3. The lowest BCUT2D eigenvalue weighted by molar-refractivity contribution is 0.229. The highest BCUT2D eigenvalue weighted by atomic mass is 32.2. The molecule has 0 aliphatic heterocycles. The number of hydrogen-bond donors (Lipinski definition) is 3. The molecule has 0 heterocycles. The van der Waals surface area contributed by atoms with Crippen LogP contribution in [0.2, 0.25) is 0 Å². The van der Waals surface area contributed by atoms with E-state index in [1.165, 1.54) is 0 Å². The number of rotatable bonds is 4. The topological polar surface area (TPSA) is 61.4 Å². The zero-order valence-corrected chi connectivity index (χ0v) is 10.2. The van der Waals surface area contributed by atoms with Gasteiger partial charge < -0.3 is 15.7 Å². The molecule has 1 aromatic rings. The molecule has 0 radical (unpaired) electrons. The number of nitrogens with one attached hydrogen (secondary N) is 2. The fraction of sp³-hybridized carbons (Fsp3) is 0.364. The van der Waals surface area contributed by atoms with Crippen LogP contribution in [0.3, 0.4) is 0 Å². The quantitative estimate of drug-likeness (QED) is 0.704. The number of aliphatic hydroxyl groups is 1. The van der Waals surface area contributed by atoms with Crippen molar-refractivity contribution < 1.29 is 9.90 Å². The van der Waals surface area contributed by atoms with Gasteiger partial charge in [0, 0.05) is 10.6 Å². The molecule has 1 aromatic carbocycles. The van der Waals surface area contributed by atoms with Crippen LogP contribution >= 0.6 is 11.8 Å². The van der Waals surface area contributed by atoms with Gasteiger partial charge in [0.25, 0.3) is 0 Å². The molecule has 16 heavy (non-hydrogen) atoms. The molecular formula is C11H16N2O2S. The molecule has 4 nitrogen and oxygen atoms in total. The van der Waals surface area contributed by atoms with Gasteiger partial charge in [-0.1, -0.05) is 0 Å². The van der Waals surface area contributed by atoms with Crippen molar-refractivity contribution >= 4 is 23.5 Å². The third-order valence-electron chi connectivity index (χ3n) is 2.00. The fourth-order valence-electron chi connectivity index (χ4n) is 1.11. The van der Waals surface area contributed by atoms with Gasteiger partial charge in [-0.25, -0.2) is 4.79 Å². The number of thioether (sulfide) groups is 1. The Hall–Kier alpha value is -1.20. The van der Waals surface area contributed by atoms with E-state index >= 15 is 0 Å². The van der Waals surface area contributed by atoms with E-state index in [1.807, 2.05) is 30.5 Å². The van der Waals surface area contributed by atoms with Gasteiger partial charge >= 0.3 is 6.03 Å². The molecule has 0 saturated heterocycles. The summed E-state index contributed by atoms with van der Waals surface area (Å²) < 4.78 is 0. The van der Waals surface area contributed by atoms with Gasteiger partial charge in [0.15, 0.2) is 0 Å². The summed E-state index contributed by atoms with van der Waals surface area (Å²) in [6.07, 6.45) is 2.00. The van der Waals surface area contributed by atoms with Gasteiger partial charge in [0.1, 0.15) is 0 Å². The van der Waals surface area contributed by atoms with Gasteiger partial charge in [0.2, 0.25) is 0 Å². The monoisotopic (exact) mass is 240 g/mol. The number of carbonyl (C=O) groups excluding carboxylic acids is 1. The summed E-state index contributed by atoms with van der Waals surface area (Å²) in [7, 11) is 0. The Balaban J connectivity index is 2.49. The largest absolute Gasteiger partial charge is 0.394 e. The second kappa shape index (κ2) is 6.40. The fourth-order valence-corrected chi connectivity index (χ4v) is 1.52. The standard InChI is InChI=1S/C11H16N2O2S/c1-8(7-14)12-11(15)13-9-3-5-10(16-2)6-4-9/h3-6,8,14H,7H2,1-2H3,(H2,12,13,15)/t8-/m0/s1. The summed E-state index contributed by atoms with van der Waals surface area (Å²) in [5, 5.41) is 14.1. The van der Waals surface area contributed by atoms with E-state index in [9.17, 15) is 4.79 Å². The van der Waals surface area contributed by atoms with Gasteiger partial charge in [-0.2, -0.15) is 0 Å². The SMILES string of the molecule is CSc1ccc(NC(=O)N[C@@H](C)CO)cc1. The van der Waals surface area contributed by atoms with Gasteiger partial charge in [-0.15, -0.1) is 11.8 Å². The maximum Gasteiger partial charge on any atom is 0.319 e. The molecule has 0 unspecified atom stereocenters. The summed E-state index contributed by atoms with van der Waals surface area (Å²) in [5.41, 5.74) is 0.737. The third-order valence-corrected chi connectivity index (χ3v) is 2.74. The summed E-state index contributed by atoms with van der Waals surface area (Å²) >= 11 is 1.65. The molecule has 0 fully saturated rings. The maximum absolute atomic E-state index is 11.4. The van der Waals surface area contributed by atoms with Crippen molar-refractivity contribution in [2.45, 2.75) is 17.9 Å². The van der Waals surface area contributed by atoms with Crippen molar-refractivity contribution in [3.63, 3.8) is 0 Å². The van der Waals surface area contributed by atoms with Crippen LogP contribution in [-0.4, -0.2) is 30.0 Å². The average molecular weight is 240 g/mol. The first-order chi connectivity index (χ1) is 7.65. The number of hydrogen-bond acceptors (Lipinski definition) is 3. The highest BCUT2D eigenvalue weighted by Gasteiger charge is 2.05. The maximum atomic E-state index is 11.4. The van der Waals surface area contributed by atoms with Crippen LogP contribution < -0.4 is 10.6 Å². The highest BCUT2D eigenvalue weighted by Crippen LogP contribution is 2.17. The Morgan fingerprint density at radius 3 is 2.56 bits per heavy atom. The van der Waals surface area contributed by atoms with E-state index in [2.05, 4.69) is 10.6 Å². The zero-order valence-electron chi connectivity index (χ0n) is 9.36. The first kappa shape index (κ1) is 12.9. The van der Waals surface area contributed by atoms with E-state index in [0.717, 1.165) is 10.6 Å². The predicted octanol–water partition coefficient (Wildman–Crippen LogP) is 1.91. The second-order valence-corrected chi connectivity index (χ2v) is 4.29. The van der Waals surface area contributed by atoms with Crippen molar-refractivity contribution in [2.75, 3.05) is 18.2 Å². The molecule has 88 valence electrons. The summed E-state index contributed by atoms with van der Waals surface area (Å²) in [4.78, 5) is 12.5. The third kappa shape index (κ3) is 4.12. The Morgan fingerprint density at radius 2 is 2.06 bits per heavy atom. The van der Waals surface area contributed by atoms with Gasteiger partial charge in [0.05, 0.1) is 12.6 Å². The lowest BCUT2D eigenvalue weighted by Crippen LogP contribution is -2.38. The van der Waals surface area contributed by atoms with Gasteiger partial charge in [-0.3, -0.25) is 0 Å². The van der Waals surface area contributed by atoms with Crippen LogP contribution in [0.15, 0.2) is 29.2 Å². The first-order valence-electron chi connectivity index (χ1n) is 4.98. The van der Waals surface area contributed by atoms with Crippen LogP contribution in [0.25, 0.3) is 0 Å². The van der Waals surface area contributed by atoms with E-state index in [4.69, 9.17) is 5.11 Å². The van der Waals surface area contributed by atoms with Crippen molar-refractivity contribution in [1.29, 1.82) is 0 Å². The summed E-state index contributed by atoms with van der Waals surface area (Å²) in [5.74, 6) is 0. The average Bonchev–Trinajstić information content (AvgIpc) is 2.29. The van der Waals surface area contributed by atoms with Crippen molar-refractivity contribution in [1.82, 2.24) is 5.32 Å². The van der Waals surface area contributed by atoms with Crippen molar-refractivity contribution in [3.05, 3.63) is 24.3 Å². The molecule has 5 heteroatoms. The smallest absolute Gasteiger partial charge is 0.319 e. The Morgan fingerprint density at radius 1 is 1.44 bits per heavy atom. The van der Waals surface area contributed by atoms with E-state index in [0.29, 0.717) is 0 Å². The molecule has 0 spiro atoms. The predicted molar refractivity (Wildman–Crippen MR) is 66.9 cm³/mol. The molecule has 0 bridgehead atoms. The Kier molecular flexibility index (Phi) is 5.14. The molecular weight excluding hydrogens is 224 g/mol. The molecule has 2 amide bonds. The number of aliphatic hydroxyl groups excluding tert-OH is 1. The number of carbonyl (C=O) groups is 1. The minimum absolute atomic E-state index is 0.0706. The lowest BCUT2D eigenvalue weighted by Gasteiger charge is -2.12. The van der Waals surface area contributed by atoms with Crippen LogP contribution in [0.5, 0.6) is 0 Å². The Bertz CT molecular complexity index is 340. The normalized spacial score (nSPS) is 11.9. The minimum Gasteiger partial charge on any atom is -0.394 e. The zero-order chi connectivity index (χ0) is 12.0. The first-order valence-corrected chi connectivity index (χ1v) is 6.20. The van der Waals surface area contributed by atoms with E-state index in [-0.39, 0.29) is 18.7 Å². The summed E-state index contributed by atoms with van der Waals surface area (Å²) in [6.45, 7) is 1.66. The van der Waals surface area contributed by atoms with Crippen molar-refractivity contribution in [3.8, 4) is 0 Å². The van der Waals surface area contributed by atoms with Crippen molar-refractivity contribution in [2.24, 2.45) is 0 Å². The summed E-state index contributed by atoms with van der Waals surface area (Å²) in [6, 6.07) is 7.01. The number of benzene rings is 1. The molecule has 0 aromatic heterocycles. The minimum atomic E-state index is -0.307. The van der Waals surface area contributed by atoms with Crippen LogP contribution in [0.4, 0.5) is 10.5 Å². The number of amides is 2. The number of urea groups is 1. The van der Waals surface area contributed by atoms with Crippen LogP contribution in [-0.2, 0) is 0 Å². The second-order valence-electron chi connectivity index (χ2n) is 3.41. The number of anilines is 1.